The Morgan fingerprint density at radius 2 is 1.96 bits per heavy atom. The molecule has 4 atom stereocenters. The summed E-state index contributed by atoms with van der Waals surface area (Å²) in [7, 11) is 0. The van der Waals surface area contributed by atoms with E-state index in [1.807, 2.05) is 31.3 Å². The topological polar surface area (TPSA) is 42.4 Å². The number of rotatable bonds is 5. The van der Waals surface area contributed by atoms with Crippen molar-refractivity contribution in [1.29, 1.82) is 0 Å². The van der Waals surface area contributed by atoms with Gasteiger partial charge >= 0.3 is 5.97 Å². The number of carbonyl (C=O) groups excluding carboxylic acids is 1. The maximum Gasteiger partial charge on any atom is 0.311 e. The van der Waals surface area contributed by atoms with Gasteiger partial charge in [-0.2, -0.15) is 0 Å². The van der Waals surface area contributed by atoms with Gasteiger partial charge in [-0.15, -0.1) is 0 Å². The van der Waals surface area contributed by atoms with Gasteiger partial charge in [0.15, 0.2) is 0 Å². The standard InChI is InChI=1S/C21H23ClN2O2/c1-2-26-21(25)20-17-10-9-16(19(20)15-8-11-18(22)23-12-15)24(17)13-14-6-4-3-5-7-14/h3-8,11-12,16-17,19-20H,2,9-10,13H2,1H3/t16-,17+,19-,20-/m1/s1. The van der Waals surface area contributed by atoms with Gasteiger partial charge in [0.05, 0.1) is 12.5 Å². The van der Waals surface area contributed by atoms with Crippen molar-refractivity contribution in [3.05, 3.63) is 64.9 Å². The molecule has 0 spiro atoms. The highest BCUT2D eigenvalue weighted by Crippen LogP contribution is 2.51. The van der Waals surface area contributed by atoms with Gasteiger partial charge < -0.3 is 4.74 Å². The summed E-state index contributed by atoms with van der Waals surface area (Å²) in [4.78, 5) is 19.5. The van der Waals surface area contributed by atoms with Gasteiger partial charge in [0, 0.05) is 30.7 Å². The molecule has 0 unspecified atom stereocenters. The number of hydrogen-bond donors (Lipinski definition) is 0. The summed E-state index contributed by atoms with van der Waals surface area (Å²) in [5, 5.41) is 0.478. The molecule has 0 saturated carbocycles. The number of fused-ring (bicyclic) bond motifs is 2. The van der Waals surface area contributed by atoms with Gasteiger partial charge in [-0.25, -0.2) is 4.98 Å². The minimum Gasteiger partial charge on any atom is -0.466 e. The first-order valence-electron chi connectivity index (χ1n) is 9.26. The number of benzene rings is 1. The van der Waals surface area contributed by atoms with Crippen LogP contribution in [0.3, 0.4) is 0 Å². The number of halogens is 1. The summed E-state index contributed by atoms with van der Waals surface area (Å²) in [6.07, 6.45) is 3.96. The summed E-state index contributed by atoms with van der Waals surface area (Å²) in [5.41, 5.74) is 2.36. The van der Waals surface area contributed by atoms with Crippen molar-refractivity contribution >= 4 is 17.6 Å². The minimum atomic E-state index is -0.139. The van der Waals surface area contributed by atoms with E-state index >= 15 is 0 Å². The lowest BCUT2D eigenvalue weighted by Gasteiger charge is -2.27. The van der Waals surface area contributed by atoms with Crippen LogP contribution in [0.15, 0.2) is 48.7 Å². The van der Waals surface area contributed by atoms with Gasteiger partial charge in [-0.1, -0.05) is 48.0 Å². The minimum absolute atomic E-state index is 0.0855. The van der Waals surface area contributed by atoms with Gasteiger partial charge in [0.25, 0.3) is 0 Å². The maximum atomic E-state index is 12.8. The van der Waals surface area contributed by atoms with E-state index in [2.05, 4.69) is 34.1 Å². The molecule has 136 valence electrons. The summed E-state index contributed by atoms with van der Waals surface area (Å²) >= 11 is 5.97. The lowest BCUT2D eigenvalue weighted by Crippen LogP contribution is -2.34. The van der Waals surface area contributed by atoms with Crippen LogP contribution in [0.25, 0.3) is 0 Å². The molecule has 2 fully saturated rings. The summed E-state index contributed by atoms with van der Waals surface area (Å²) in [6.45, 7) is 3.15. The summed E-state index contributed by atoms with van der Waals surface area (Å²) in [5.74, 6) is -0.112. The number of ether oxygens (including phenoxy) is 1. The molecule has 1 aromatic heterocycles. The van der Waals surface area contributed by atoms with Crippen LogP contribution in [-0.2, 0) is 16.1 Å². The third-order valence-electron chi connectivity index (χ3n) is 5.73. The second-order valence-electron chi connectivity index (χ2n) is 7.09. The van der Waals surface area contributed by atoms with Crippen LogP contribution in [0.4, 0.5) is 0 Å². The van der Waals surface area contributed by atoms with E-state index in [4.69, 9.17) is 16.3 Å². The zero-order chi connectivity index (χ0) is 18.1. The van der Waals surface area contributed by atoms with Crippen LogP contribution in [-0.4, -0.2) is 34.5 Å². The first-order chi connectivity index (χ1) is 12.7. The Bertz CT molecular complexity index is 765. The first kappa shape index (κ1) is 17.5. The molecule has 2 aliphatic heterocycles. The van der Waals surface area contributed by atoms with Crippen molar-refractivity contribution in [2.24, 2.45) is 5.92 Å². The SMILES string of the molecule is CCOC(=O)[C@H]1[C@H](c2ccc(Cl)nc2)[C@H]2CC[C@@H]1N2Cc1ccccc1. The molecule has 4 nitrogen and oxygen atoms in total. The van der Waals surface area contributed by atoms with Gasteiger partial charge in [0.2, 0.25) is 0 Å². The molecule has 26 heavy (non-hydrogen) atoms. The van der Waals surface area contributed by atoms with Crippen molar-refractivity contribution < 1.29 is 9.53 Å². The Morgan fingerprint density at radius 1 is 1.19 bits per heavy atom. The Hall–Kier alpha value is -1.91. The third kappa shape index (κ3) is 3.12. The lowest BCUT2D eigenvalue weighted by atomic mass is 9.76. The van der Waals surface area contributed by atoms with Crippen LogP contribution in [0, 0.1) is 5.92 Å². The number of aromatic nitrogens is 1. The molecule has 0 aliphatic carbocycles. The average molecular weight is 371 g/mol. The van der Waals surface area contributed by atoms with Crippen molar-refractivity contribution in [3.63, 3.8) is 0 Å². The fourth-order valence-corrected chi connectivity index (χ4v) is 4.87. The lowest BCUT2D eigenvalue weighted by molar-refractivity contribution is -0.149. The number of carbonyl (C=O) groups is 1. The van der Waals surface area contributed by atoms with E-state index in [-0.39, 0.29) is 23.8 Å². The van der Waals surface area contributed by atoms with E-state index in [9.17, 15) is 4.79 Å². The van der Waals surface area contributed by atoms with Crippen molar-refractivity contribution in [2.75, 3.05) is 6.61 Å². The number of esters is 1. The Balaban J connectivity index is 1.66. The number of nitrogens with zero attached hydrogens (tertiary/aromatic N) is 2. The van der Waals surface area contributed by atoms with Gasteiger partial charge in [0.1, 0.15) is 5.15 Å². The second-order valence-corrected chi connectivity index (χ2v) is 7.48. The molecule has 0 N–H and O–H groups in total. The van der Waals surface area contributed by atoms with Gasteiger partial charge in [-0.05, 0) is 37.0 Å². The quantitative estimate of drug-likeness (QED) is 0.588. The van der Waals surface area contributed by atoms with Crippen molar-refractivity contribution in [3.8, 4) is 0 Å². The van der Waals surface area contributed by atoms with E-state index in [0.717, 1.165) is 24.9 Å². The molecule has 2 saturated heterocycles. The molecule has 0 amide bonds. The predicted molar refractivity (Wildman–Crippen MR) is 101 cm³/mol. The highest BCUT2D eigenvalue weighted by atomic mass is 35.5. The fourth-order valence-electron chi connectivity index (χ4n) is 4.75. The monoisotopic (exact) mass is 370 g/mol. The highest BCUT2D eigenvalue weighted by molar-refractivity contribution is 6.29. The smallest absolute Gasteiger partial charge is 0.311 e. The number of pyridine rings is 1. The first-order valence-corrected chi connectivity index (χ1v) is 9.64. The second kappa shape index (κ2) is 7.37. The molecule has 2 aliphatic rings. The Morgan fingerprint density at radius 3 is 2.65 bits per heavy atom. The third-order valence-corrected chi connectivity index (χ3v) is 5.95. The Kier molecular flexibility index (Phi) is 4.96. The fraction of sp³-hybridized carbons (Fsp3) is 0.429. The molecule has 2 bridgehead atoms. The molecule has 1 aromatic carbocycles. The van der Waals surface area contributed by atoms with E-state index in [1.54, 1.807) is 0 Å². The van der Waals surface area contributed by atoms with Crippen molar-refractivity contribution in [2.45, 2.75) is 44.3 Å². The van der Waals surface area contributed by atoms with Crippen LogP contribution in [0.1, 0.15) is 36.8 Å². The van der Waals surface area contributed by atoms with E-state index in [1.165, 1.54) is 5.56 Å². The molecular weight excluding hydrogens is 348 g/mol. The van der Waals surface area contributed by atoms with E-state index < -0.39 is 0 Å². The molecule has 3 heterocycles. The predicted octanol–water partition coefficient (Wildman–Crippen LogP) is 4.04. The number of hydrogen-bond acceptors (Lipinski definition) is 4. The van der Waals surface area contributed by atoms with Crippen LogP contribution in [0.5, 0.6) is 0 Å². The Labute approximate surface area is 159 Å². The average Bonchev–Trinajstić information content (AvgIpc) is 3.18. The normalized spacial score (nSPS) is 27.6. The molecule has 0 radical (unpaired) electrons. The van der Waals surface area contributed by atoms with E-state index in [0.29, 0.717) is 17.8 Å². The highest BCUT2D eigenvalue weighted by Gasteiger charge is 2.56. The summed E-state index contributed by atoms with van der Waals surface area (Å²) < 4.78 is 5.44. The molecule has 2 aromatic rings. The zero-order valence-electron chi connectivity index (χ0n) is 14.8. The maximum absolute atomic E-state index is 12.8. The van der Waals surface area contributed by atoms with Crippen molar-refractivity contribution in [1.82, 2.24) is 9.88 Å². The summed E-state index contributed by atoms with van der Waals surface area (Å²) in [6, 6.07) is 14.8. The molecule has 5 heteroatoms. The molecular formula is C21H23ClN2O2. The zero-order valence-corrected chi connectivity index (χ0v) is 15.6. The molecule has 4 rings (SSSR count). The largest absolute Gasteiger partial charge is 0.466 e. The van der Waals surface area contributed by atoms with Crippen LogP contribution in [0.2, 0.25) is 5.15 Å². The van der Waals surface area contributed by atoms with Gasteiger partial charge in [-0.3, -0.25) is 9.69 Å². The van der Waals surface area contributed by atoms with Crippen LogP contribution >= 0.6 is 11.6 Å². The van der Waals surface area contributed by atoms with Crippen LogP contribution < -0.4 is 0 Å².